The molecule has 0 saturated heterocycles. The molecule has 7 nitrogen and oxygen atoms in total. The van der Waals surface area contributed by atoms with Gasteiger partial charge >= 0.3 is 5.69 Å². The molecule has 0 spiro atoms. The standard InChI is InChI=1S/C22H24N4O3/c1-16(2)29-14-8-13-24-20(27)18-11-6-7-12-19(18)26-21(24)23-25(22(26)28)15-17-9-4-3-5-10-17/h3-7,9-12,16H,8,13-15H2,1-2H3. The van der Waals surface area contributed by atoms with Crippen LogP contribution < -0.4 is 11.2 Å². The van der Waals surface area contributed by atoms with Crippen molar-refractivity contribution in [3.05, 3.63) is 81.0 Å². The van der Waals surface area contributed by atoms with Gasteiger partial charge in [-0.1, -0.05) is 42.5 Å². The molecule has 4 aromatic rings. The molecule has 4 rings (SSSR count). The molecular weight excluding hydrogens is 368 g/mol. The van der Waals surface area contributed by atoms with Gasteiger partial charge in [0.25, 0.3) is 5.56 Å². The van der Waals surface area contributed by atoms with E-state index in [1.165, 1.54) is 9.08 Å². The number of nitrogens with zero attached hydrogens (tertiary/aromatic N) is 4. The van der Waals surface area contributed by atoms with E-state index in [0.717, 1.165) is 5.56 Å². The minimum absolute atomic E-state index is 0.135. The van der Waals surface area contributed by atoms with Gasteiger partial charge in [-0.25, -0.2) is 13.9 Å². The number of rotatable bonds is 7. The van der Waals surface area contributed by atoms with Crippen LogP contribution in [0.3, 0.4) is 0 Å². The fourth-order valence-corrected chi connectivity index (χ4v) is 3.47. The van der Waals surface area contributed by atoms with Crippen molar-refractivity contribution >= 4 is 16.7 Å². The van der Waals surface area contributed by atoms with Crippen LogP contribution in [0.5, 0.6) is 0 Å². The highest BCUT2D eigenvalue weighted by Crippen LogP contribution is 2.12. The SMILES string of the molecule is CC(C)OCCCn1c(=O)c2ccccc2n2c(=O)n(Cc3ccccc3)nc12. The molecule has 0 amide bonds. The highest BCUT2D eigenvalue weighted by atomic mass is 16.5. The lowest BCUT2D eigenvalue weighted by atomic mass is 10.2. The Bertz CT molecular complexity index is 1250. The molecule has 0 unspecified atom stereocenters. The molecule has 0 N–H and O–H groups in total. The minimum Gasteiger partial charge on any atom is -0.379 e. The molecule has 7 heteroatoms. The summed E-state index contributed by atoms with van der Waals surface area (Å²) in [7, 11) is 0. The topological polar surface area (TPSA) is 70.5 Å². The normalized spacial score (nSPS) is 11.7. The summed E-state index contributed by atoms with van der Waals surface area (Å²) < 4.78 is 10.1. The lowest BCUT2D eigenvalue weighted by Gasteiger charge is -2.11. The molecule has 0 radical (unpaired) electrons. The third-order valence-corrected chi connectivity index (χ3v) is 4.84. The smallest absolute Gasteiger partial charge is 0.352 e. The minimum atomic E-state index is -0.257. The van der Waals surface area contributed by atoms with Crippen molar-refractivity contribution in [3.63, 3.8) is 0 Å². The Balaban J connectivity index is 1.84. The van der Waals surface area contributed by atoms with E-state index < -0.39 is 0 Å². The van der Waals surface area contributed by atoms with E-state index in [1.807, 2.05) is 50.2 Å². The summed E-state index contributed by atoms with van der Waals surface area (Å²) >= 11 is 0. The number of fused-ring (bicyclic) bond motifs is 3. The predicted molar refractivity (Wildman–Crippen MR) is 112 cm³/mol. The van der Waals surface area contributed by atoms with Crippen molar-refractivity contribution < 1.29 is 4.74 Å². The van der Waals surface area contributed by atoms with Gasteiger partial charge in [-0.3, -0.25) is 9.36 Å². The van der Waals surface area contributed by atoms with Crippen molar-refractivity contribution in [2.45, 2.75) is 39.5 Å². The zero-order chi connectivity index (χ0) is 20.4. The van der Waals surface area contributed by atoms with Crippen molar-refractivity contribution in [2.75, 3.05) is 6.61 Å². The third-order valence-electron chi connectivity index (χ3n) is 4.84. The van der Waals surface area contributed by atoms with Crippen LogP contribution in [0.15, 0.2) is 64.2 Å². The maximum atomic E-state index is 13.2. The Labute approximate surface area is 167 Å². The Morgan fingerprint density at radius 1 is 1.00 bits per heavy atom. The first-order valence-corrected chi connectivity index (χ1v) is 9.83. The Kier molecular flexibility index (Phi) is 5.31. The molecule has 0 aliphatic heterocycles. The van der Waals surface area contributed by atoms with Crippen molar-refractivity contribution in [2.24, 2.45) is 0 Å². The van der Waals surface area contributed by atoms with Gasteiger partial charge in [0, 0.05) is 13.2 Å². The maximum absolute atomic E-state index is 13.2. The predicted octanol–water partition coefficient (Wildman–Crippen LogP) is 2.67. The van der Waals surface area contributed by atoms with E-state index in [2.05, 4.69) is 5.10 Å². The molecule has 0 aliphatic rings. The molecule has 2 aromatic carbocycles. The van der Waals surface area contributed by atoms with Crippen molar-refractivity contribution in [1.82, 2.24) is 18.7 Å². The maximum Gasteiger partial charge on any atom is 0.352 e. The molecular formula is C22H24N4O3. The first-order chi connectivity index (χ1) is 14.1. The molecule has 0 aliphatic carbocycles. The van der Waals surface area contributed by atoms with Gasteiger partial charge < -0.3 is 4.74 Å². The average Bonchev–Trinajstić information content (AvgIpc) is 3.04. The van der Waals surface area contributed by atoms with E-state index in [9.17, 15) is 9.59 Å². The van der Waals surface area contributed by atoms with Crippen LogP contribution in [0.2, 0.25) is 0 Å². The molecule has 2 aromatic heterocycles. The number of aromatic nitrogens is 4. The van der Waals surface area contributed by atoms with Crippen molar-refractivity contribution in [1.29, 1.82) is 0 Å². The number of para-hydroxylation sites is 1. The summed E-state index contributed by atoms with van der Waals surface area (Å²) in [6.07, 6.45) is 0.794. The molecule has 2 heterocycles. The second kappa shape index (κ2) is 8.05. The summed E-state index contributed by atoms with van der Waals surface area (Å²) in [4.78, 5) is 26.3. The molecule has 0 atom stereocenters. The first kappa shape index (κ1) is 19.1. The van der Waals surface area contributed by atoms with Gasteiger partial charge in [0.2, 0.25) is 5.78 Å². The number of hydrogen-bond acceptors (Lipinski definition) is 4. The number of ether oxygens (including phenoxy) is 1. The van der Waals surface area contributed by atoms with E-state index in [1.54, 1.807) is 22.8 Å². The van der Waals surface area contributed by atoms with Crippen molar-refractivity contribution in [3.8, 4) is 0 Å². The van der Waals surface area contributed by atoms with Gasteiger partial charge in [-0.05, 0) is 38.0 Å². The van der Waals surface area contributed by atoms with Crippen LogP contribution in [0, 0.1) is 0 Å². The Morgan fingerprint density at radius 2 is 1.72 bits per heavy atom. The fourth-order valence-electron chi connectivity index (χ4n) is 3.47. The zero-order valence-electron chi connectivity index (χ0n) is 16.6. The second-order valence-corrected chi connectivity index (χ2v) is 7.31. The van der Waals surface area contributed by atoms with E-state index in [-0.39, 0.29) is 17.4 Å². The summed E-state index contributed by atoms with van der Waals surface area (Å²) in [6.45, 7) is 5.27. The molecule has 29 heavy (non-hydrogen) atoms. The van der Waals surface area contributed by atoms with Gasteiger partial charge in [-0.15, -0.1) is 5.10 Å². The average molecular weight is 392 g/mol. The van der Waals surface area contributed by atoms with Gasteiger partial charge in [0.05, 0.1) is 23.6 Å². The van der Waals surface area contributed by atoms with Crippen LogP contribution in [0.1, 0.15) is 25.8 Å². The summed E-state index contributed by atoms with van der Waals surface area (Å²) in [5.74, 6) is 0.360. The highest BCUT2D eigenvalue weighted by Gasteiger charge is 2.17. The second-order valence-electron chi connectivity index (χ2n) is 7.31. The number of hydrogen-bond donors (Lipinski definition) is 0. The third kappa shape index (κ3) is 3.73. The summed E-state index contributed by atoms with van der Waals surface area (Å²) in [5, 5.41) is 5.03. The van der Waals surface area contributed by atoms with Crippen LogP contribution in [0.4, 0.5) is 0 Å². The largest absolute Gasteiger partial charge is 0.379 e. The van der Waals surface area contributed by atoms with E-state index in [0.29, 0.717) is 42.8 Å². The van der Waals surface area contributed by atoms with Crippen LogP contribution >= 0.6 is 0 Å². The Morgan fingerprint density at radius 3 is 2.48 bits per heavy atom. The number of benzene rings is 2. The van der Waals surface area contributed by atoms with Crippen LogP contribution in [-0.4, -0.2) is 31.5 Å². The van der Waals surface area contributed by atoms with E-state index >= 15 is 0 Å². The lowest BCUT2D eigenvalue weighted by Crippen LogP contribution is -2.27. The lowest BCUT2D eigenvalue weighted by molar-refractivity contribution is 0.0748. The Hall–Kier alpha value is -3.19. The molecule has 0 bridgehead atoms. The summed E-state index contributed by atoms with van der Waals surface area (Å²) in [6, 6.07) is 16.8. The van der Waals surface area contributed by atoms with E-state index in [4.69, 9.17) is 4.74 Å². The van der Waals surface area contributed by atoms with Gasteiger partial charge in [0.15, 0.2) is 0 Å². The highest BCUT2D eigenvalue weighted by molar-refractivity contribution is 5.79. The summed E-state index contributed by atoms with van der Waals surface area (Å²) in [5.41, 5.74) is 1.15. The first-order valence-electron chi connectivity index (χ1n) is 9.83. The molecule has 0 fully saturated rings. The molecule has 150 valence electrons. The van der Waals surface area contributed by atoms with Crippen LogP contribution in [-0.2, 0) is 17.8 Å². The number of aryl methyl sites for hydroxylation is 1. The van der Waals surface area contributed by atoms with Crippen LogP contribution in [0.25, 0.3) is 16.7 Å². The monoisotopic (exact) mass is 392 g/mol. The quantitative estimate of drug-likeness (QED) is 0.454. The van der Waals surface area contributed by atoms with Gasteiger partial charge in [-0.2, -0.15) is 0 Å². The molecule has 0 saturated carbocycles. The zero-order valence-corrected chi connectivity index (χ0v) is 16.6. The van der Waals surface area contributed by atoms with Gasteiger partial charge in [0.1, 0.15) is 0 Å². The fraction of sp³-hybridized carbons (Fsp3) is 0.318.